The number of rotatable bonds is 5. The first-order valence-electron chi connectivity index (χ1n) is 8.50. The van der Waals surface area contributed by atoms with Gasteiger partial charge in [-0.3, -0.25) is 9.89 Å². The first-order valence-corrected chi connectivity index (χ1v) is 8.50. The molecule has 1 aromatic carbocycles. The highest BCUT2D eigenvalue weighted by Crippen LogP contribution is 2.24. The molecule has 1 saturated heterocycles. The molecule has 3 rings (SSSR count). The lowest BCUT2D eigenvalue weighted by atomic mass is 10.2. The Labute approximate surface area is 146 Å². The van der Waals surface area contributed by atoms with Gasteiger partial charge in [0.15, 0.2) is 0 Å². The summed E-state index contributed by atoms with van der Waals surface area (Å²) in [5.74, 6) is 0.129. The first-order chi connectivity index (χ1) is 12.0. The van der Waals surface area contributed by atoms with Crippen molar-refractivity contribution < 1.29 is 9.59 Å². The van der Waals surface area contributed by atoms with Crippen LogP contribution in [-0.4, -0.2) is 34.7 Å². The molecule has 7 heteroatoms. The van der Waals surface area contributed by atoms with Crippen molar-refractivity contribution in [2.75, 3.05) is 16.8 Å². The fourth-order valence-electron chi connectivity index (χ4n) is 3.01. The third kappa shape index (κ3) is 4.37. The molecule has 0 saturated carbocycles. The van der Waals surface area contributed by atoms with E-state index in [1.807, 2.05) is 44.2 Å². The second kappa shape index (κ2) is 7.38. The monoisotopic (exact) mass is 341 g/mol. The lowest BCUT2D eigenvalue weighted by Crippen LogP contribution is -2.37. The summed E-state index contributed by atoms with van der Waals surface area (Å²) < 4.78 is 0. The number of hydrogen-bond acceptors (Lipinski definition) is 3. The van der Waals surface area contributed by atoms with E-state index >= 15 is 0 Å². The lowest BCUT2D eigenvalue weighted by molar-refractivity contribution is -0.117. The fourth-order valence-corrected chi connectivity index (χ4v) is 3.01. The van der Waals surface area contributed by atoms with Gasteiger partial charge in [-0.05, 0) is 44.5 Å². The van der Waals surface area contributed by atoms with Crippen LogP contribution in [0.2, 0.25) is 0 Å². The summed E-state index contributed by atoms with van der Waals surface area (Å²) in [4.78, 5) is 25.8. The number of urea groups is 1. The maximum absolute atomic E-state index is 12.2. The predicted octanol–water partition coefficient (Wildman–Crippen LogP) is 2.60. The Kier molecular flexibility index (Phi) is 5.02. The van der Waals surface area contributed by atoms with E-state index in [-0.39, 0.29) is 18.0 Å². The van der Waals surface area contributed by atoms with Gasteiger partial charge in [0.25, 0.3) is 0 Å². The average molecular weight is 341 g/mol. The Morgan fingerprint density at radius 2 is 2.24 bits per heavy atom. The second-order valence-corrected chi connectivity index (χ2v) is 6.45. The number of hydrogen-bond donors (Lipinski definition) is 3. The predicted molar refractivity (Wildman–Crippen MR) is 96.7 cm³/mol. The van der Waals surface area contributed by atoms with Gasteiger partial charge in [-0.25, -0.2) is 4.79 Å². The molecule has 1 aliphatic rings. The van der Waals surface area contributed by atoms with Gasteiger partial charge in [0.1, 0.15) is 0 Å². The third-order valence-corrected chi connectivity index (χ3v) is 4.14. The van der Waals surface area contributed by atoms with Gasteiger partial charge in [0.05, 0.1) is 5.69 Å². The van der Waals surface area contributed by atoms with E-state index in [4.69, 9.17) is 0 Å². The number of aryl methyl sites for hydroxylation is 1. The zero-order chi connectivity index (χ0) is 17.8. The highest BCUT2D eigenvalue weighted by molar-refractivity contribution is 5.96. The SMILES string of the molecule is Cc1cc(C[C@H](C)NC(=O)Nc2cccc(N3CCCC3=O)c2)n[nH]1. The molecule has 0 radical (unpaired) electrons. The number of anilines is 2. The molecule has 0 bridgehead atoms. The zero-order valence-electron chi connectivity index (χ0n) is 14.5. The highest BCUT2D eigenvalue weighted by atomic mass is 16.2. The summed E-state index contributed by atoms with van der Waals surface area (Å²) in [5, 5.41) is 12.8. The molecule has 0 aliphatic carbocycles. The summed E-state index contributed by atoms with van der Waals surface area (Å²) in [5.41, 5.74) is 3.40. The fraction of sp³-hybridized carbons (Fsp3) is 0.389. The van der Waals surface area contributed by atoms with Crippen LogP contribution in [0.4, 0.5) is 16.2 Å². The largest absolute Gasteiger partial charge is 0.335 e. The Hall–Kier alpha value is -2.83. The molecule has 2 heterocycles. The summed E-state index contributed by atoms with van der Waals surface area (Å²) in [6, 6.07) is 9.00. The number of nitrogens with one attached hydrogen (secondary N) is 3. The van der Waals surface area contributed by atoms with E-state index in [9.17, 15) is 9.59 Å². The van der Waals surface area contributed by atoms with E-state index in [0.717, 1.165) is 30.0 Å². The van der Waals surface area contributed by atoms with E-state index in [2.05, 4.69) is 20.8 Å². The van der Waals surface area contributed by atoms with Crippen molar-refractivity contribution in [2.24, 2.45) is 0 Å². The minimum Gasteiger partial charge on any atom is -0.335 e. The number of aromatic amines is 1. The molecule has 3 N–H and O–H groups in total. The van der Waals surface area contributed by atoms with Crippen LogP contribution in [0.5, 0.6) is 0 Å². The summed E-state index contributed by atoms with van der Waals surface area (Å²) in [7, 11) is 0. The first kappa shape index (κ1) is 17.0. The van der Waals surface area contributed by atoms with Crippen LogP contribution >= 0.6 is 0 Å². The molecular formula is C18H23N5O2. The molecule has 1 aliphatic heterocycles. The second-order valence-electron chi connectivity index (χ2n) is 6.45. The number of benzene rings is 1. The smallest absolute Gasteiger partial charge is 0.319 e. The molecule has 1 fully saturated rings. The number of amides is 3. The highest BCUT2D eigenvalue weighted by Gasteiger charge is 2.21. The van der Waals surface area contributed by atoms with Gasteiger partial charge in [-0.15, -0.1) is 0 Å². The molecule has 1 atom stereocenters. The van der Waals surface area contributed by atoms with Gasteiger partial charge in [-0.2, -0.15) is 5.10 Å². The molecular weight excluding hydrogens is 318 g/mol. The van der Waals surface area contributed by atoms with Crippen LogP contribution < -0.4 is 15.5 Å². The van der Waals surface area contributed by atoms with Gasteiger partial charge in [-0.1, -0.05) is 6.07 Å². The molecule has 0 unspecified atom stereocenters. The van der Waals surface area contributed by atoms with Crippen LogP contribution in [0.25, 0.3) is 0 Å². The third-order valence-electron chi connectivity index (χ3n) is 4.14. The zero-order valence-corrected chi connectivity index (χ0v) is 14.5. The number of carbonyl (C=O) groups is 2. The Balaban J connectivity index is 1.56. The molecule has 7 nitrogen and oxygen atoms in total. The van der Waals surface area contributed by atoms with Crippen molar-refractivity contribution in [1.29, 1.82) is 0 Å². The summed E-state index contributed by atoms with van der Waals surface area (Å²) in [6.45, 7) is 4.61. The minimum atomic E-state index is -0.273. The van der Waals surface area contributed by atoms with E-state index in [0.29, 0.717) is 18.5 Å². The van der Waals surface area contributed by atoms with Crippen LogP contribution in [0.15, 0.2) is 30.3 Å². The van der Waals surface area contributed by atoms with Crippen LogP contribution in [0.3, 0.4) is 0 Å². The van der Waals surface area contributed by atoms with Crippen molar-refractivity contribution in [3.05, 3.63) is 41.7 Å². The molecule has 2 aromatic rings. The van der Waals surface area contributed by atoms with Crippen molar-refractivity contribution in [2.45, 2.75) is 39.2 Å². The van der Waals surface area contributed by atoms with Crippen LogP contribution in [0.1, 0.15) is 31.2 Å². The number of nitrogens with zero attached hydrogens (tertiary/aromatic N) is 2. The van der Waals surface area contributed by atoms with Gasteiger partial charge >= 0.3 is 6.03 Å². The molecule has 3 amide bonds. The number of H-pyrrole nitrogens is 1. The van der Waals surface area contributed by atoms with Gasteiger partial charge in [0, 0.05) is 42.5 Å². The van der Waals surface area contributed by atoms with Gasteiger partial charge in [0.2, 0.25) is 5.91 Å². The Morgan fingerprint density at radius 3 is 2.92 bits per heavy atom. The minimum absolute atomic E-state index is 0.0500. The standard InChI is InChI=1S/C18H23N5O2/c1-12(9-15-10-13(2)21-22-15)19-18(25)20-14-5-3-6-16(11-14)23-8-4-7-17(23)24/h3,5-6,10-12H,4,7-9H2,1-2H3,(H,21,22)(H2,19,20,25)/t12-/m0/s1. The lowest BCUT2D eigenvalue weighted by Gasteiger charge is -2.17. The maximum atomic E-state index is 12.2. The van der Waals surface area contributed by atoms with E-state index in [1.165, 1.54) is 0 Å². The number of aromatic nitrogens is 2. The van der Waals surface area contributed by atoms with E-state index in [1.54, 1.807) is 4.90 Å². The van der Waals surface area contributed by atoms with Crippen molar-refractivity contribution >= 4 is 23.3 Å². The molecule has 0 spiro atoms. The topological polar surface area (TPSA) is 90.1 Å². The maximum Gasteiger partial charge on any atom is 0.319 e. The number of carbonyl (C=O) groups excluding carboxylic acids is 2. The van der Waals surface area contributed by atoms with Crippen molar-refractivity contribution in [3.63, 3.8) is 0 Å². The van der Waals surface area contributed by atoms with Crippen molar-refractivity contribution in [3.8, 4) is 0 Å². The molecule has 1 aromatic heterocycles. The van der Waals surface area contributed by atoms with Gasteiger partial charge < -0.3 is 15.5 Å². The van der Waals surface area contributed by atoms with Crippen LogP contribution in [-0.2, 0) is 11.2 Å². The average Bonchev–Trinajstić information content (AvgIpc) is 3.15. The van der Waals surface area contributed by atoms with Crippen LogP contribution in [0, 0.1) is 6.92 Å². The van der Waals surface area contributed by atoms with E-state index < -0.39 is 0 Å². The summed E-state index contributed by atoms with van der Waals surface area (Å²) >= 11 is 0. The Morgan fingerprint density at radius 1 is 1.40 bits per heavy atom. The molecule has 132 valence electrons. The van der Waals surface area contributed by atoms with Crippen molar-refractivity contribution in [1.82, 2.24) is 15.5 Å². The quantitative estimate of drug-likeness (QED) is 0.781. The summed E-state index contributed by atoms with van der Waals surface area (Å²) in [6.07, 6.45) is 2.11. The Bertz CT molecular complexity index is 770. The normalized spacial score (nSPS) is 15.3. The molecule has 25 heavy (non-hydrogen) atoms.